The van der Waals surface area contributed by atoms with Gasteiger partial charge in [-0.25, -0.2) is 0 Å². The number of unbranched alkanes of at least 4 members (excludes halogenated alkanes) is 2. The molecule has 4 nitrogen and oxygen atoms in total. The molecule has 4 heteroatoms. The summed E-state index contributed by atoms with van der Waals surface area (Å²) in [5.41, 5.74) is 0. The molecule has 0 atom stereocenters. The number of aliphatic hydroxyl groups is 1. The molecule has 0 fully saturated rings. The molecule has 0 amide bonds. The largest absolute Gasteiger partial charge is 0.481 e. The molecule has 0 aliphatic carbocycles. The third kappa shape index (κ3) is 9.48. The zero-order chi connectivity index (χ0) is 10.8. The molecule has 0 spiro atoms. The van der Waals surface area contributed by atoms with E-state index in [0.29, 0.717) is 6.42 Å². The highest BCUT2D eigenvalue weighted by atomic mass is 16.4. The second-order valence-corrected chi connectivity index (χ2v) is 3.58. The van der Waals surface area contributed by atoms with Crippen molar-refractivity contribution in [1.29, 1.82) is 0 Å². The summed E-state index contributed by atoms with van der Waals surface area (Å²) >= 11 is 0. The minimum absolute atomic E-state index is 0.251. The first-order valence-corrected chi connectivity index (χ1v) is 5.18. The van der Waals surface area contributed by atoms with Gasteiger partial charge in [-0.2, -0.15) is 0 Å². The summed E-state index contributed by atoms with van der Waals surface area (Å²) in [5, 5.41) is 17.0. The molecule has 0 radical (unpaired) electrons. The van der Waals surface area contributed by atoms with Gasteiger partial charge >= 0.3 is 5.97 Å². The van der Waals surface area contributed by atoms with Gasteiger partial charge < -0.3 is 15.1 Å². The van der Waals surface area contributed by atoms with Crippen molar-refractivity contribution in [2.24, 2.45) is 0 Å². The predicted molar refractivity (Wildman–Crippen MR) is 55.3 cm³/mol. The van der Waals surface area contributed by atoms with Gasteiger partial charge in [0.25, 0.3) is 0 Å². The van der Waals surface area contributed by atoms with Crippen molar-refractivity contribution in [3.05, 3.63) is 0 Å². The van der Waals surface area contributed by atoms with Crippen LogP contribution in [0, 0.1) is 0 Å². The summed E-state index contributed by atoms with van der Waals surface area (Å²) < 4.78 is 0. The lowest BCUT2D eigenvalue weighted by atomic mass is 10.2. The fourth-order valence-electron chi connectivity index (χ4n) is 1.28. The summed E-state index contributed by atoms with van der Waals surface area (Å²) in [4.78, 5) is 12.4. The molecule has 0 rings (SSSR count). The van der Waals surface area contributed by atoms with Crippen LogP contribution in [0.3, 0.4) is 0 Å². The van der Waals surface area contributed by atoms with E-state index in [2.05, 4.69) is 4.90 Å². The topological polar surface area (TPSA) is 60.8 Å². The third-order valence-electron chi connectivity index (χ3n) is 2.13. The Kier molecular flexibility index (Phi) is 8.57. The van der Waals surface area contributed by atoms with Crippen LogP contribution in [0.2, 0.25) is 0 Å². The van der Waals surface area contributed by atoms with E-state index in [0.717, 1.165) is 32.4 Å². The zero-order valence-electron chi connectivity index (χ0n) is 8.91. The van der Waals surface area contributed by atoms with Gasteiger partial charge in [-0.1, -0.05) is 0 Å². The van der Waals surface area contributed by atoms with E-state index < -0.39 is 5.97 Å². The monoisotopic (exact) mass is 203 g/mol. The van der Waals surface area contributed by atoms with E-state index in [-0.39, 0.29) is 13.0 Å². The number of rotatable bonds is 9. The fourth-order valence-corrected chi connectivity index (χ4v) is 1.28. The summed E-state index contributed by atoms with van der Waals surface area (Å²) in [6.07, 6.45) is 3.94. The fraction of sp³-hybridized carbons (Fsp3) is 0.900. The molecule has 14 heavy (non-hydrogen) atoms. The maximum absolute atomic E-state index is 10.2. The average molecular weight is 203 g/mol. The number of hydrogen-bond acceptors (Lipinski definition) is 3. The molecule has 0 heterocycles. The van der Waals surface area contributed by atoms with E-state index in [1.807, 2.05) is 7.05 Å². The highest BCUT2D eigenvalue weighted by molar-refractivity contribution is 5.66. The number of nitrogens with zero attached hydrogens (tertiary/aromatic N) is 1. The Morgan fingerprint density at radius 2 is 1.79 bits per heavy atom. The molecule has 0 aromatic carbocycles. The molecule has 0 saturated heterocycles. The molecule has 0 aromatic heterocycles. The maximum Gasteiger partial charge on any atom is 0.303 e. The van der Waals surface area contributed by atoms with Gasteiger partial charge in [-0.3, -0.25) is 4.79 Å². The Hall–Kier alpha value is -0.610. The number of carbonyl (C=O) groups is 1. The summed E-state index contributed by atoms with van der Waals surface area (Å²) in [6.45, 7) is 2.09. The third-order valence-corrected chi connectivity index (χ3v) is 2.13. The van der Waals surface area contributed by atoms with Gasteiger partial charge in [0, 0.05) is 13.0 Å². The maximum atomic E-state index is 10.2. The van der Waals surface area contributed by atoms with Crippen molar-refractivity contribution in [2.75, 3.05) is 26.7 Å². The lowest BCUT2D eigenvalue weighted by Gasteiger charge is -2.15. The normalized spacial score (nSPS) is 10.8. The van der Waals surface area contributed by atoms with Gasteiger partial charge in [0.15, 0.2) is 0 Å². The highest BCUT2D eigenvalue weighted by Crippen LogP contribution is 1.98. The van der Waals surface area contributed by atoms with Crippen molar-refractivity contribution in [3.63, 3.8) is 0 Å². The minimum Gasteiger partial charge on any atom is -0.481 e. The first-order valence-electron chi connectivity index (χ1n) is 5.18. The number of aliphatic carboxylic acids is 1. The van der Waals surface area contributed by atoms with E-state index in [4.69, 9.17) is 10.2 Å². The Morgan fingerprint density at radius 3 is 2.36 bits per heavy atom. The van der Waals surface area contributed by atoms with Crippen molar-refractivity contribution < 1.29 is 15.0 Å². The highest BCUT2D eigenvalue weighted by Gasteiger charge is 2.00. The van der Waals surface area contributed by atoms with E-state index >= 15 is 0 Å². The van der Waals surface area contributed by atoms with Crippen molar-refractivity contribution in [2.45, 2.75) is 32.1 Å². The summed E-state index contributed by atoms with van der Waals surface area (Å²) in [5.74, 6) is -0.723. The summed E-state index contributed by atoms with van der Waals surface area (Å²) in [7, 11) is 2.00. The van der Waals surface area contributed by atoms with Crippen molar-refractivity contribution in [1.82, 2.24) is 4.90 Å². The molecule has 84 valence electrons. The number of aliphatic hydroxyl groups excluding tert-OH is 1. The molecule has 0 aliphatic heterocycles. The van der Waals surface area contributed by atoms with Crippen LogP contribution in [0.5, 0.6) is 0 Å². The number of carboxylic acids is 1. The second kappa shape index (κ2) is 8.97. The van der Waals surface area contributed by atoms with Crippen molar-refractivity contribution >= 4 is 5.97 Å². The molecule has 0 unspecified atom stereocenters. The Labute approximate surface area is 85.5 Å². The van der Waals surface area contributed by atoms with E-state index in [9.17, 15) is 4.79 Å². The standard InChI is InChI=1S/C10H21NO3/c1-11(7-3-2-4-9-12)8-5-6-10(13)14/h12H,2-9H2,1H3,(H,13,14). The van der Waals surface area contributed by atoms with Crippen LogP contribution >= 0.6 is 0 Å². The van der Waals surface area contributed by atoms with Crippen LogP contribution in [-0.4, -0.2) is 47.8 Å². The second-order valence-electron chi connectivity index (χ2n) is 3.58. The molecular formula is C10H21NO3. The number of hydrogen-bond donors (Lipinski definition) is 2. The zero-order valence-corrected chi connectivity index (χ0v) is 8.91. The molecule has 0 bridgehead atoms. The molecule has 2 N–H and O–H groups in total. The van der Waals surface area contributed by atoms with Gasteiger partial charge in [-0.15, -0.1) is 0 Å². The van der Waals surface area contributed by atoms with Crippen LogP contribution in [-0.2, 0) is 4.79 Å². The summed E-state index contributed by atoms with van der Waals surface area (Å²) in [6, 6.07) is 0. The molecule has 0 saturated carbocycles. The average Bonchev–Trinajstić information content (AvgIpc) is 2.12. The van der Waals surface area contributed by atoms with Gasteiger partial charge in [0.2, 0.25) is 0 Å². The van der Waals surface area contributed by atoms with Gasteiger partial charge in [0.05, 0.1) is 0 Å². The van der Waals surface area contributed by atoms with E-state index in [1.165, 1.54) is 0 Å². The van der Waals surface area contributed by atoms with Crippen LogP contribution in [0.1, 0.15) is 32.1 Å². The molecule has 0 aliphatic rings. The predicted octanol–water partition coefficient (Wildman–Crippen LogP) is 0.946. The minimum atomic E-state index is -0.723. The van der Waals surface area contributed by atoms with Crippen LogP contribution in [0.4, 0.5) is 0 Å². The lowest BCUT2D eigenvalue weighted by Crippen LogP contribution is -2.21. The number of carboxylic acid groups (broad SMARTS) is 1. The lowest BCUT2D eigenvalue weighted by molar-refractivity contribution is -0.137. The quantitative estimate of drug-likeness (QED) is 0.548. The van der Waals surface area contributed by atoms with Crippen LogP contribution < -0.4 is 0 Å². The molecular weight excluding hydrogens is 182 g/mol. The first kappa shape index (κ1) is 13.4. The smallest absolute Gasteiger partial charge is 0.303 e. The first-order chi connectivity index (χ1) is 6.66. The van der Waals surface area contributed by atoms with Crippen LogP contribution in [0.25, 0.3) is 0 Å². The van der Waals surface area contributed by atoms with E-state index in [1.54, 1.807) is 0 Å². The van der Waals surface area contributed by atoms with Crippen LogP contribution in [0.15, 0.2) is 0 Å². The Bertz CT molecular complexity index is 150. The SMILES string of the molecule is CN(CCCCCO)CCCC(=O)O. The van der Waals surface area contributed by atoms with Crippen molar-refractivity contribution in [3.8, 4) is 0 Å². The molecule has 0 aromatic rings. The Balaban J connectivity index is 3.19. The Morgan fingerprint density at radius 1 is 1.14 bits per heavy atom. The van der Waals surface area contributed by atoms with Gasteiger partial charge in [0.1, 0.15) is 0 Å². The van der Waals surface area contributed by atoms with Gasteiger partial charge in [-0.05, 0) is 45.8 Å².